The van der Waals surface area contributed by atoms with Crippen molar-refractivity contribution < 1.29 is 9.59 Å². The summed E-state index contributed by atoms with van der Waals surface area (Å²) in [7, 11) is 0. The maximum absolute atomic E-state index is 13.5. The molecule has 0 saturated carbocycles. The van der Waals surface area contributed by atoms with Crippen molar-refractivity contribution in [2.24, 2.45) is 11.6 Å². The number of carbonyl (C=O) groups is 2. The van der Waals surface area contributed by atoms with Crippen molar-refractivity contribution >= 4 is 40.7 Å². The summed E-state index contributed by atoms with van der Waals surface area (Å²) in [6.45, 7) is 0.633. The van der Waals surface area contributed by atoms with Crippen LogP contribution >= 0.6 is 23.2 Å². The van der Waals surface area contributed by atoms with Gasteiger partial charge in [0.2, 0.25) is 11.8 Å². The standard InChI is InChI=1S/C25H25Cl2N7O3/c26-17-6-7-20(34(29)13-22(27)28)18(11-17)19-12-24(36)33(15-31-19)21(10-16-4-2-1-3-5-16)25(37)32-9-8-30-23(35)14-32/h1-7,11-13,15,21H,8-10,14,28-29H2,(H,30,35)/b22-13-. The van der Waals surface area contributed by atoms with Crippen LogP contribution in [0.5, 0.6) is 0 Å². The van der Waals surface area contributed by atoms with Crippen LogP contribution in [0, 0.1) is 0 Å². The quantitative estimate of drug-likeness (QED) is 0.236. The molecule has 1 fully saturated rings. The highest BCUT2D eigenvalue weighted by atomic mass is 35.5. The zero-order chi connectivity index (χ0) is 26.5. The molecule has 192 valence electrons. The molecule has 1 saturated heterocycles. The van der Waals surface area contributed by atoms with Crippen LogP contribution in [-0.4, -0.2) is 45.9 Å². The summed E-state index contributed by atoms with van der Waals surface area (Å²) < 4.78 is 1.28. The van der Waals surface area contributed by atoms with Crippen molar-refractivity contribution in [3.05, 3.63) is 93.2 Å². The van der Waals surface area contributed by atoms with Gasteiger partial charge in [0.05, 0.1) is 30.5 Å². The highest BCUT2D eigenvalue weighted by molar-refractivity contribution is 6.31. The van der Waals surface area contributed by atoms with Crippen LogP contribution in [0.2, 0.25) is 5.02 Å². The predicted octanol–water partition coefficient (Wildman–Crippen LogP) is 1.98. The van der Waals surface area contributed by atoms with Crippen molar-refractivity contribution in [3.63, 3.8) is 0 Å². The van der Waals surface area contributed by atoms with E-state index in [2.05, 4.69) is 10.3 Å². The Hall–Kier alpha value is -3.86. The molecule has 10 nitrogen and oxygen atoms in total. The van der Waals surface area contributed by atoms with Gasteiger partial charge in [-0.2, -0.15) is 0 Å². The SMILES string of the molecule is N/C(Cl)=C\N(N)c1ccc(Cl)cc1-c1cc(=O)n(C(Cc2ccccc2)C(=O)N2CCNC(=O)C2)cn1. The molecule has 12 heteroatoms. The number of nitrogens with one attached hydrogen (secondary N) is 1. The molecule has 5 N–H and O–H groups in total. The van der Waals surface area contributed by atoms with Crippen LogP contribution in [0.1, 0.15) is 11.6 Å². The Morgan fingerprint density at radius 1 is 1.19 bits per heavy atom. The second-order valence-corrected chi connectivity index (χ2v) is 9.29. The minimum Gasteiger partial charge on any atom is -0.388 e. The molecule has 37 heavy (non-hydrogen) atoms. The number of hydrazine groups is 1. The van der Waals surface area contributed by atoms with Crippen molar-refractivity contribution in [2.75, 3.05) is 24.6 Å². The molecule has 0 radical (unpaired) electrons. The van der Waals surface area contributed by atoms with Crippen LogP contribution in [0.3, 0.4) is 0 Å². The minimum absolute atomic E-state index is 0.0413. The Morgan fingerprint density at radius 2 is 1.95 bits per heavy atom. The topological polar surface area (TPSA) is 140 Å². The fourth-order valence-corrected chi connectivity index (χ4v) is 4.39. The van der Waals surface area contributed by atoms with Crippen LogP contribution in [0.15, 0.2) is 77.1 Å². The van der Waals surface area contributed by atoms with Gasteiger partial charge in [-0.1, -0.05) is 53.5 Å². The number of nitrogens with two attached hydrogens (primary N) is 2. The molecular formula is C25H25Cl2N7O3. The molecule has 1 unspecified atom stereocenters. The average Bonchev–Trinajstić information content (AvgIpc) is 2.87. The average molecular weight is 542 g/mol. The number of hydrogen-bond donors (Lipinski definition) is 3. The molecule has 2 aromatic carbocycles. The fourth-order valence-electron chi connectivity index (χ4n) is 4.11. The molecule has 0 bridgehead atoms. The van der Waals surface area contributed by atoms with Crippen molar-refractivity contribution in [1.29, 1.82) is 0 Å². The second-order valence-electron chi connectivity index (χ2n) is 8.42. The van der Waals surface area contributed by atoms with E-state index in [9.17, 15) is 14.4 Å². The maximum atomic E-state index is 13.5. The van der Waals surface area contributed by atoms with E-state index in [0.29, 0.717) is 35.1 Å². The van der Waals surface area contributed by atoms with Gasteiger partial charge in [-0.15, -0.1) is 0 Å². The Kier molecular flexibility index (Phi) is 8.12. The van der Waals surface area contributed by atoms with Crippen LogP contribution in [0.4, 0.5) is 5.69 Å². The third-order valence-electron chi connectivity index (χ3n) is 5.85. The zero-order valence-electron chi connectivity index (χ0n) is 19.7. The third kappa shape index (κ3) is 6.29. The summed E-state index contributed by atoms with van der Waals surface area (Å²) in [6, 6.07) is 14.6. The van der Waals surface area contributed by atoms with Gasteiger partial charge >= 0.3 is 0 Å². The summed E-state index contributed by atoms with van der Waals surface area (Å²) in [5.74, 6) is 5.49. The summed E-state index contributed by atoms with van der Waals surface area (Å²) in [5, 5.41) is 4.27. The van der Waals surface area contributed by atoms with E-state index >= 15 is 0 Å². The molecule has 2 amide bonds. The van der Waals surface area contributed by atoms with E-state index in [0.717, 1.165) is 5.56 Å². The van der Waals surface area contributed by atoms with Gasteiger partial charge < -0.3 is 16.0 Å². The third-order valence-corrected chi connectivity index (χ3v) is 6.19. The first-order valence-corrected chi connectivity index (χ1v) is 12.1. The Bertz CT molecular complexity index is 1390. The molecule has 1 aliphatic rings. The lowest BCUT2D eigenvalue weighted by atomic mass is 10.0. The van der Waals surface area contributed by atoms with Crippen molar-refractivity contribution in [1.82, 2.24) is 19.8 Å². The number of amides is 2. The Labute approximate surface area is 223 Å². The van der Waals surface area contributed by atoms with Crippen LogP contribution < -0.4 is 27.5 Å². The Balaban J connectivity index is 1.74. The van der Waals surface area contributed by atoms with Gasteiger partial charge in [0.25, 0.3) is 5.56 Å². The number of rotatable bonds is 7. The van der Waals surface area contributed by atoms with E-state index in [1.807, 2.05) is 30.3 Å². The highest BCUT2D eigenvalue weighted by Crippen LogP contribution is 2.31. The number of nitrogens with zero attached hydrogens (tertiary/aromatic N) is 4. The predicted molar refractivity (Wildman–Crippen MR) is 143 cm³/mol. The number of carbonyl (C=O) groups excluding carboxylic acids is 2. The number of aromatic nitrogens is 2. The summed E-state index contributed by atoms with van der Waals surface area (Å²) in [5.41, 5.74) is 7.15. The van der Waals surface area contributed by atoms with E-state index in [4.69, 9.17) is 34.8 Å². The second kappa shape index (κ2) is 11.5. The number of hydrogen-bond acceptors (Lipinski definition) is 7. The molecule has 1 aromatic heterocycles. The van der Waals surface area contributed by atoms with Crippen molar-refractivity contribution in [2.45, 2.75) is 12.5 Å². The van der Waals surface area contributed by atoms with Gasteiger partial charge in [-0.05, 0) is 23.8 Å². The number of benzene rings is 2. The van der Waals surface area contributed by atoms with Gasteiger partial charge in [-0.25, -0.2) is 10.8 Å². The van der Waals surface area contributed by atoms with E-state index in [1.54, 1.807) is 18.2 Å². The smallest absolute Gasteiger partial charge is 0.254 e. The zero-order valence-corrected chi connectivity index (χ0v) is 21.2. The monoisotopic (exact) mass is 541 g/mol. The molecule has 1 aliphatic heterocycles. The first-order valence-electron chi connectivity index (χ1n) is 11.4. The molecule has 0 aliphatic carbocycles. The molecule has 2 heterocycles. The fraction of sp³-hybridized carbons (Fsp3) is 0.200. The number of halogens is 2. The van der Waals surface area contributed by atoms with Crippen LogP contribution in [-0.2, 0) is 16.0 Å². The van der Waals surface area contributed by atoms with E-state index in [1.165, 1.54) is 33.1 Å². The summed E-state index contributed by atoms with van der Waals surface area (Å²) in [4.78, 5) is 44.8. The molecular weight excluding hydrogens is 517 g/mol. The molecule has 4 rings (SSSR count). The largest absolute Gasteiger partial charge is 0.388 e. The first-order chi connectivity index (χ1) is 17.7. The Morgan fingerprint density at radius 3 is 2.62 bits per heavy atom. The van der Waals surface area contributed by atoms with Gasteiger partial charge in [0, 0.05) is 36.2 Å². The van der Waals surface area contributed by atoms with Gasteiger partial charge in [0.15, 0.2) is 0 Å². The first kappa shape index (κ1) is 26.2. The lowest BCUT2D eigenvalue weighted by Gasteiger charge is -2.31. The lowest BCUT2D eigenvalue weighted by Crippen LogP contribution is -2.52. The highest BCUT2D eigenvalue weighted by Gasteiger charge is 2.30. The molecule has 1 atom stereocenters. The lowest BCUT2D eigenvalue weighted by molar-refractivity contribution is -0.140. The minimum atomic E-state index is -0.897. The van der Waals surface area contributed by atoms with E-state index in [-0.39, 0.29) is 29.9 Å². The summed E-state index contributed by atoms with van der Waals surface area (Å²) in [6.07, 6.45) is 2.88. The number of anilines is 1. The number of piperazine rings is 1. The van der Waals surface area contributed by atoms with Gasteiger partial charge in [-0.3, -0.25) is 24.0 Å². The van der Waals surface area contributed by atoms with Crippen LogP contribution in [0.25, 0.3) is 11.3 Å². The van der Waals surface area contributed by atoms with Gasteiger partial charge in [0.1, 0.15) is 11.2 Å². The maximum Gasteiger partial charge on any atom is 0.254 e. The summed E-state index contributed by atoms with van der Waals surface area (Å²) >= 11 is 12.0. The molecule has 3 aromatic rings. The van der Waals surface area contributed by atoms with E-state index < -0.39 is 11.6 Å². The molecule has 0 spiro atoms. The normalized spacial score (nSPS) is 14.7. The van der Waals surface area contributed by atoms with Crippen molar-refractivity contribution in [3.8, 4) is 11.3 Å².